The molecule has 0 fully saturated rings. The third-order valence-electron chi connectivity index (χ3n) is 1.37. The van der Waals surface area contributed by atoms with Gasteiger partial charge < -0.3 is 5.11 Å². The highest BCUT2D eigenvalue weighted by Crippen LogP contribution is 2.15. The molecule has 1 N–H and O–H groups in total. The molecular formula is C9H9NO2. The molecule has 0 spiro atoms. The first-order valence-electron chi connectivity index (χ1n) is 3.52. The second-order valence-electron chi connectivity index (χ2n) is 2.35. The molecule has 3 nitrogen and oxygen atoms in total. The van der Waals surface area contributed by atoms with Crippen LogP contribution >= 0.6 is 0 Å². The lowest BCUT2D eigenvalue weighted by atomic mass is 10.2. The molecule has 1 aromatic rings. The van der Waals surface area contributed by atoms with Gasteiger partial charge in [-0.1, -0.05) is 0 Å². The smallest absolute Gasteiger partial charge is 0.142 e. The van der Waals surface area contributed by atoms with Gasteiger partial charge in [-0.2, -0.15) is 0 Å². The van der Waals surface area contributed by atoms with E-state index in [4.69, 9.17) is 0 Å². The van der Waals surface area contributed by atoms with Gasteiger partial charge in [0.2, 0.25) is 0 Å². The van der Waals surface area contributed by atoms with Crippen molar-refractivity contribution < 1.29 is 9.90 Å². The van der Waals surface area contributed by atoms with E-state index in [1.807, 2.05) is 6.92 Å². The summed E-state index contributed by atoms with van der Waals surface area (Å²) in [4.78, 5) is 14.0. The Morgan fingerprint density at radius 2 is 2.25 bits per heavy atom. The number of aldehydes is 1. The fraction of sp³-hybridized carbons (Fsp3) is 0.111. The molecular weight excluding hydrogens is 154 g/mol. The van der Waals surface area contributed by atoms with Gasteiger partial charge in [-0.15, -0.1) is 0 Å². The van der Waals surface area contributed by atoms with Crippen LogP contribution in [-0.4, -0.2) is 16.4 Å². The second-order valence-corrected chi connectivity index (χ2v) is 2.35. The number of carbonyl (C=O) groups is 1. The molecule has 0 unspecified atom stereocenters. The molecule has 0 aliphatic heterocycles. The van der Waals surface area contributed by atoms with Crippen molar-refractivity contribution in [3.63, 3.8) is 0 Å². The van der Waals surface area contributed by atoms with Crippen LogP contribution in [0.15, 0.2) is 18.2 Å². The van der Waals surface area contributed by atoms with Crippen LogP contribution in [0.5, 0.6) is 5.75 Å². The summed E-state index contributed by atoms with van der Waals surface area (Å²) in [6.45, 7) is 1.82. The first-order chi connectivity index (χ1) is 5.74. The standard InChI is InChI=1S/C9H9NO2/c1-7-4-5-9(12)8(10-7)3-2-6-11/h2-6,12H,1H3. The first-order valence-corrected chi connectivity index (χ1v) is 3.52. The topological polar surface area (TPSA) is 50.2 Å². The fourth-order valence-electron chi connectivity index (χ4n) is 0.823. The molecule has 3 heteroatoms. The van der Waals surface area contributed by atoms with Crippen molar-refractivity contribution in [1.29, 1.82) is 0 Å². The lowest BCUT2D eigenvalue weighted by Crippen LogP contribution is -1.85. The lowest BCUT2D eigenvalue weighted by molar-refractivity contribution is -0.104. The Kier molecular flexibility index (Phi) is 2.58. The van der Waals surface area contributed by atoms with Gasteiger partial charge in [0.25, 0.3) is 0 Å². The second kappa shape index (κ2) is 3.67. The monoisotopic (exact) mass is 163 g/mol. The summed E-state index contributed by atoms with van der Waals surface area (Å²) in [6.07, 6.45) is 3.40. The number of aromatic hydroxyl groups is 1. The third kappa shape index (κ3) is 1.92. The summed E-state index contributed by atoms with van der Waals surface area (Å²) in [6, 6.07) is 3.25. The summed E-state index contributed by atoms with van der Waals surface area (Å²) >= 11 is 0. The highest BCUT2D eigenvalue weighted by atomic mass is 16.3. The Morgan fingerprint density at radius 1 is 1.50 bits per heavy atom. The zero-order valence-electron chi connectivity index (χ0n) is 6.69. The van der Waals surface area contributed by atoms with Gasteiger partial charge in [0.05, 0.1) is 0 Å². The minimum atomic E-state index is 0.0821. The SMILES string of the molecule is Cc1ccc(O)c(C=CC=O)n1. The molecule has 0 amide bonds. The quantitative estimate of drug-likeness (QED) is 0.528. The summed E-state index contributed by atoms with van der Waals surface area (Å²) in [5.74, 6) is 0.0821. The maximum Gasteiger partial charge on any atom is 0.142 e. The van der Waals surface area contributed by atoms with Gasteiger partial charge in [0, 0.05) is 5.69 Å². The Balaban J connectivity index is 3.04. The van der Waals surface area contributed by atoms with Crippen molar-refractivity contribution in [2.75, 3.05) is 0 Å². The van der Waals surface area contributed by atoms with Crippen LogP contribution in [-0.2, 0) is 4.79 Å². The number of allylic oxidation sites excluding steroid dienone is 1. The van der Waals surface area contributed by atoms with Gasteiger partial charge in [-0.05, 0) is 31.2 Å². The van der Waals surface area contributed by atoms with Crippen molar-refractivity contribution in [1.82, 2.24) is 4.98 Å². The molecule has 0 radical (unpaired) electrons. The van der Waals surface area contributed by atoms with E-state index in [9.17, 15) is 9.90 Å². The van der Waals surface area contributed by atoms with Crippen LogP contribution in [0.2, 0.25) is 0 Å². The Labute approximate surface area is 70.4 Å². The fourth-order valence-corrected chi connectivity index (χ4v) is 0.823. The lowest BCUT2D eigenvalue weighted by Gasteiger charge is -1.97. The van der Waals surface area contributed by atoms with Crippen molar-refractivity contribution in [2.45, 2.75) is 6.92 Å². The van der Waals surface area contributed by atoms with Crippen molar-refractivity contribution in [3.05, 3.63) is 29.6 Å². The largest absolute Gasteiger partial charge is 0.506 e. The van der Waals surface area contributed by atoms with E-state index < -0.39 is 0 Å². The highest BCUT2D eigenvalue weighted by molar-refractivity contribution is 5.74. The third-order valence-corrected chi connectivity index (χ3v) is 1.37. The molecule has 0 aromatic carbocycles. The molecule has 0 aliphatic carbocycles. The Bertz CT molecular complexity index is 318. The Hall–Kier alpha value is -1.64. The number of rotatable bonds is 2. The number of pyridine rings is 1. The van der Waals surface area contributed by atoms with Crippen molar-refractivity contribution in [2.24, 2.45) is 0 Å². The average molecular weight is 163 g/mol. The summed E-state index contributed by atoms with van der Waals surface area (Å²) < 4.78 is 0. The van der Waals surface area contributed by atoms with Crippen molar-refractivity contribution in [3.8, 4) is 5.75 Å². The van der Waals surface area contributed by atoms with Crippen LogP contribution in [0.1, 0.15) is 11.4 Å². The van der Waals surface area contributed by atoms with E-state index in [1.54, 1.807) is 12.1 Å². The first kappa shape index (κ1) is 8.46. The predicted octanol–water partition coefficient (Wildman–Crippen LogP) is 1.31. The van der Waals surface area contributed by atoms with Crippen LogP contribution in [0, 0.1) is 6.92 Å². The van der Waals surface area contributed by atoms with E-state index in [1.165, 1.54) is 12.2 Å². The molecule has 62 valence electrons. The number of carbonyl (C=O) groups excluding carboxylic acids is 1. The summed E-state index contributed by atoms with van der Waals surface area (Å²) in [5.41, 5.74) is 1.22. The van der Waals surface area contributed by atoms with Crippen LogP contribution < -0.4 is 0 Å². The molecule has 0 bridgehead atoms. The number of hydrogen-bond acceptors (Lipinski definition) is 3. The van der Waals surface area contributed by atoms with Crippen molar-refractivity contribution >= 4 is 12.4 Å². The van der Waals surface area contributed by atoms with Crippen LogP contribution in [0.25, 0.3) is 6.08 Å². The number of hydrogen-bond donors (Lipinski definition) is 1. The molecule has 0 atom stereocenters. The number of aromatic nitrogens is 1. The van der Waals surface area contributed by atoms with Gasteiger partial charge in [0.1, 0.15) is 17.7 Å². The molecule has 0 aliphatic rings. The predicted molar refractivity (Wildman–Crippen MR) is 45.7 cm³/mol. The maximum absolute atomic E-state index is 9.98. The normalized spacial score (nSPS) is 10.4. The van der Waals surface area contributed by atoms with Gasteiger partial charge in [0.15, 0.2) is 0 Å². The number of nitrogens with zero attached hydrogens (tertiary/aromatic N) is 1. The van der Waals surface area contributed by atoms with E-state index in [-0.39, 0.29) is 5.75 Å². The van der Waals surface area contributed by atoms with Gasteiger partial charge in [-0.3, -0.25) is 4.79 Å². The van der Waals surface area contributed by atoms with E-state index in [0.29, 0.717) is 12.0 Å². The molecule has 1 rings (SSSR count). The maximum atomic E-state index is 9.98. The van der Waals surface area contributed by atoms with Gasteiger partial charge in [-0.25, -0.2) is 4.98 Å². The summed E-state index contributed by atoms with van der Waals surface area (Å²) in [7, 11) is 0. The van der Waals surface area contributed by atoms with E-state index >= 15 is 0 Å². The minimum Gasteiger partial charge on any atom is -0.506 e. The average Bonchev–Trinajstić information content (AvgIpc) is 2.07. The van der Waals surface area contributed by atoms with Gasteiger partial charge >= 0.3 is 0 Å². The van der Waals surface area contributed by atoms with E-state index in [2.05, 4.69) is 4.98 Å². The molecule has 1 heterocycles. The molecule has 12 heavy (non-hydrogen) atoms. The van der Waals surface area contributed by atoms with Crippen LogP contribution in [0.3, 0.4) is 0 Å². The Morgan fingerprint density at radius 3 is 2.92 bits per heavy atom. The zero-order chi connectivity index (χ0) is 8.97. The number of aryl methyl sites for hydroxylation is 1. The van der Waals surface area contributed by atoms with Crippen LogP contribution in [0.4, 0.5) is 0 Å². The summed E-state index contributed by atoms with van der Waals surface area (Å²) in [5, 5.41) is 9.23. The molecule has 0 saturated heterocycles. The van der Waals surface area contributed by atoms with E-state index in [0.717, 1.165) is 5.69 Å². The zero-order valence-corrected chi connectivity index (χ0v) is 6.69. The molecule has 0 saturated carbocycles. The molecule has 1 aromatic heterocycles. The highest BCUT2D eigenvalue weighted by Gasteiger charge is 1.97. The minimum absolute atomic E-state index is 0.0821.